The van der Waals surface area contributed by atoms with Crippen molar-refractivity contribution in [1.82, 2.24) is 9.78 Å². The number of ether oxygens (including phenoxy) is 1. The first-order valence-corrected chi connectivity index (χ1v) is 9.60. The maximum Gasteiger partial charge on any atom is 0.224 e. The van der Waals surface area contributed by atoms with Crippen molar-refractivity contribution in [2.75, 3.05) is 12.4 Å². The number of carbonyl (C=O) groups excluding carboxylic acids is 1. The van der Waals surface area contributed by atoms with Crippen LogP contribution < -0.4 is 10.1 Å². The normalized spacial score (nSPS) is 10.7. The van der Waals surface area contributed by atoms with Gasteiger partial charge in [-0.05, 0) is 56.0 Å². The molecule has 1 aromatic heterocycles. The largest absolute Gasteiger partial charge is 0.497 e. The van der Waals surface area contributed by atoms with E-state index in [9.17, 15) is 4.79 Å². The Morgan fingerprint density at radius 1 is 1.14 bits per heavy atom. The van der Waals surface area contributed by atoms with Crippen molar-refractivity contribution in [1.29, 1.82) is 0 Å². The number of aromatic nitrogens is 2. The van der Waals surface area contributed by atoms with Gasteiger partial charge in [-0.25, -0.2) is 4.68 Å². The minimum Gasteiger partial charge on any atom is -0.497 e. The molecule has 146 valence electrons. The Kier molecular flexibility index (Phi) is 6.14. The number of nitrogens with zero attached hydrogens (tertiary/aromatic N) is 2. The number of nitrogens with one attached hydrogen (secondary N) is 1. The molecule has 1 amide bonds. The topological polar surface area (TPSA) is 56.2 Å². The summed E-state index contributed by atoms with van der Waals surface area (Å²) in [5.74, 6) is 0.814. The van der Waals surface area contributed by atoms with Gasteiger partial charge in [-0.15, -0.1) is 0 Å². The number of rotatable bonds is 7. The monoisotopic (exact) mass is 377 g/mol. The van der Waals surface area contributed by atoms with Gasteiger partial charge < -0.3 is 10.1 Å². The molecule has 0 aliphatic heterocycles. The highest BCUT2D eigenvalue weighted by Crippen LogP contribution is 2.22. The van der Waals surface area contributed by atoms with Crippen LogP contribution in [0.2, 0.25) is 0 Å². The third-order valence-electron chi connectivity index (χ3n) is 5.01. The number of hydrogen-bond donors (Lipinski definition) is 1. The van der Waals surface area contributed by atoms with Crippen molar-refractivity contribution >= 4 is 11.6 Å². The number of anilines is 1. The predicted octanol–water partition coefficient (Wildman–Crippen LogP) is 4.63. The summed E-state index contributed by atoms with van der Waals surface area (Å²) in [4.78, 5) is 12.5. The molecule has 0 aliphatic carbocycles. The Morgan fingerprint density at radius 2 is 1.93 bits per heavy atom. The first kappa shape index (κ1) is 19.7. The van der Waals surface area contributed by atoms with Gasteiger partial charge in [0, 0.05) is 23.9 Å². The van der Waals surface area contributed by atoms with E-state index in [0.29, 0.717) is 12.8 Å². The highest BCUT2D eigenvalue weighted by molar-refractivity contribution is 5.91. The van der Waals surface area contributed by atoms with Gasteiger partial charge >= 0.3 is 0 Å². The van der Waals surface area contributed by atoms with Crippen LogP contribution in [0.4, 0.5) is 5.69 Å². The molecule has 0 bridgehead atoms. The summed E-state index contributed by atoms with van der Waals surface area (Å²) < 4.78 is 7.23. The SMILES string of the molecule is CCc1ccccc1NC(=O)CCc1c(C)nn(-c2cccc(OC)c2)c1C. The van der Waals surface area contributed by atoms with Crippen molar-refractivity contribution in [3.63, 3.8) is 0 Å². The number of amides is 1. The van der Waals surface area contributed by atoms with Crippen molar-refractivity contribution in [3.05, 3.63) is 71.0 Å². The zero-order valence-electron chi connectivity index (χ0n) is 17.0. The van der Waals surface area contributed by atoms with Gasteiger partial charge in [-0.1, -0.05) is 31.2 Å². The maximum atomic E-state index is 12.5. The minimum absolute atomic E-state index is 0.0221. The lowest BCUT2D eigenvalue weighted by atomic mass is 10.1. The fourth-order valence-corrected chi connectivity index (χ4v) is 3.43. The molecule has 3 rings (SSSR count). The first-order chi connectivity index (χ1) is 13.5. The van der Waals surface area contributed by atoms with Gasteiger partial charge in [0.25, 0.3) is 0 Å². The molecule has 5 heteroatoms. The van der Waals surface area contributed by atoms with Crippen molar-refractivity contribution in [3.8, 4) is 11.4 Å². The molecule has 5 nitrogen and oxygen atoms in total. The van der Waals surface area contributed by atoms with Gasteiger partial charge in [0.15, 0.2) is 0 Å². The Balaban J connectivity index is 1.73. The smallest absolute Gasteiger partial charge is 0.224 e. The summed E-state index contributed by atoms with van der Waals surface area (Å²) >= 11 is 0. The van der Waals surface area contributed by atoms with Crippen LogP contribution in [0.5, 0.6) is 5.75 Å². The quantitative estimate of drug-likeness (QED) is 0.653. The van der Waals surface area contributed by atoms with Gasteiger partial charge in [-0.2, -0.15) is 5.10 Å². The summed E-state index contributed by atoms with van der Waals surface area (Å²) in [5.41, 5.74) is 6.11. The summed E-state index contributed by atoms with van der Waals surface area (Å²) in [7, 11) is 1.65. The summed E-state index contributed by atoms with van der Waals surface area (Å²) in [6.07, 6.45) is 1.97. The molecule has 1 N–H and O–H groups in total. The van der Waals surface area contributed by atoms with Crippen LogP contribution in [-0.2, 0) is 17.6 Å². The average Bonchev–Trinajstić information content (AvgIpc) is 3.00. The Bertz CT molecular complexity index is 976. The lowest BCUT2D eigenvalue weighted by Gasteiger charge is -2.10. The third kappa shape index (κ3) is 4.25. The van der Waals surface area contributed by atoms with E-state index in [1.807, 2.05) is 67.1 Å². The number of hydrogen-bond acceptors (Lipinski definition) is 3. The number of carbonyl (C=O) groups is 1. The summed E-state index contributed by atoms with van der Waals surface area (Å²) in [6.45, 7) is 6.12. The number of aryl methyl sites for hydroxylation is 2. The van der Waals surface area contributed by atoms with Crippen molar-refractivity contribution < 1.29 is 9.53 Å². The molecule has 1 heterocycles. The van der Waals surface area contributed by atoms with Crippen molar-refractivity contribution in [2.45, 2.75) is 40.0 Å². The Labute approximate surface area is 166 Å². The number of methoxy groups -OCH3 is 1. The van der Waals surface area contributed by atoms with Crippen LogP contribution in [0.1, 0.15) is 35.9 Å². The Morgan fingerprint density at radius 3 is 2.68 bits per heavy atom. The van der Waals surface area contributed by atoms with Gasteiger partial charge in [0.05, 0.1) is 18.5 Å². The second kappa shape index (κ2) is 8.74. The number of para-hydroxylation sites is 1. The van der Waals surface area contributed by atoms with E-state index in [4.69, 9.17) is 4.74 Å². The fourth-order valence-electron chi connectivity index (χ4n) is 3.43. The molecule has 3 aromatic rings. The summed E-state index contributed by atoms with van der Waals surface area (Å²) in [5, 5.41) is 7.72. The van der Waals surface area contributed by atoms with Crippen LogP contribution in [0.25, 0.3) is 5.69 Å². The van der Waals surface area contributed by atoms with E-state index in [2.05, 4.69) is 17.3 Å². The second-order valence-corrected chi connectivity index (χ2v) is 6.82. The van der Waals surface area contributed by atoms with Crippen molar-refractivity contribution in [2.24, 2.45) is 0 Å². The van der Waals surface area contributed by atoms with Gasteiger partial charge in [0.2, 0.25) is 5.91 Å². The van der Waals surface area contributed by atoms with E-state index in [0.717, 1.165) is 46.1 Å². The highest BCUT2D eigenvalue weighted by Gasteiger charge is 2.15. The van der Waals surface area contributed by atoms with E-state index >= 15 is 0 Å². The lowest BCUT2D eigenvalue weighted by molar-refractivity contribution is -0.116. The average molecular weight is 377 g/mol. The van der Waals surface area contributed by atoms with E-state index < -0.39 is 0 Å². The molecule has 0 saturated heterocycles. The molecule has 2 aromatic carbocycles. The predicted molar refractivity (Wildman–Crippen MR) is 112 cm³/mol. The molecule has 0 radical (unpaired) electrons. The maximum absolute atomic E-state index is 12.5. The molecule has 0 atom stereocenters. The molecule has 0 spiro atoms. The zero-order valence-corrected chi connectivity index (χ0v) is 17.0. The van der Waals surface area contributed by atoms with Crippen LogP contribution >= 0.6 is 0 Å². The fraction of sp³-hybridized carbons (Fsp3) is 0.304. The highest BCUT2D eigenvalue weighted by atomic mass is 16.5. The van der Waals surface area contributed by atoms with Crippen LogP contribution in [0, 0.1) is 13.8 Å². The molecule has 0 fully saturated rings. The van der Waals surface area contributed by atoms with Crippen LogP contribution in [0.15, 0.2) is 48.5 Å². The van der Waals surface area contributed by atoms with E-state index in [-0.39, 0.29) is 5.91 Å². The molecule has 0 aliphatic rings. The molecule has 0 saturated carbocycles. The standard InChI is InChI=1S/C23H27N3O2/c1-5-18-9-6-7-12-22(18)24-23(27)14-13-21-16(2)25-26(17(21)3)19-10-8-11-20(15-19)28-4/h6-12,15H,5,13-14H2,1-4H3,(H,24,27). The zero-order chi connectivity index (χ0) is 20.1. The molecular weight excluding hydrogens is 350 g/mol. The Hall–Kier alpha value is -3.08. The molecule has 28 heavy (non-hydrogen) atoms. The van der Waals surface area contributed by atoms with Crippen LogP contribution in [-0.4, -0.2) is 22.8 Å². The second-order valence-electron chi connectivity index (χ2n) is 6.82. The van der Waals surface area contributed by atoms with Crippen LogP contribution in [0.3, 0.4) is 0 Å². The first-order valence-electron chi connectivity index (χ1n) is 9.60. The third-order valence-corrected chi connectivity index (χ3v) is 5.01. The summed E-state index contributed by atoms with van der Waals surface area (Å²) in [6, 6.07) is 15.8. The van der Waals surface area contributed by atoms with E-state index in [1.54, 1.807) is 7.11 Å². The van der Waals surface area contributed by atoms with Gasteiger partial charge in [-0.3, -0.25) is 4.79 Å². The minimum atomic E-state index is 0.0221. The van der Waals surface area contributed by atoms with E-state index in [1.165, 1.54) is 0 Å². The molecule has 0 unspecified atom stereocenters. The molecular formula is C23H27N3O2. The lowest BCUT2D eigenvalue weighted by Crippen LogP contribution is -2.14. The van der Waals surface area contributed by atoms with Gasteiger partial charge in [0.1, 0.15) is 5.75 Å². The number of benzene rings is 2.